The van der Waals surface area contributed by atoms with Crippen LogP contribution in [0.1, 0.15) is 72.3 Å². The molecule has 0 bridgehead atoms. The number of amides is 1. The Hall–Kier alpha value is -1.64. The van der Waals surface area contributed by atoms with Crippen molar-refractivity contribution >= 4 is 44.0 Å². The summed E-state index contributed by atoms with van der Waals surface area (Å²) in [4.78, 5) is 20.2. The van der Waals surface area contributed by atoms with Crippen LogP contribution in [0.4, 0.5) is 5.13 Å². The van der Waals surface area contributed by atoms with Crippen LogP contribution in [0.25, 0.3) is 0 Å². The van der Waals surface area contributed by atoms with Crippen LogP contribution in [0, 0.1) is 12.8 Å². The maximum atomic E-state index is 12.7. The van der Waals surface area contributed by atoms with Crippen LogP contribution in [0.5, 0.6) is 0 Å². The average molecular weight is 496 g/mol. The number of thiazole rings is 1. The van der Waals surface area contributed by atoms with Crippen molar-refractivity contribution < 1.29 is 13.2 Å². The van der Waals surface area contributed by atoms with Gasteiger partial charge >= 0.3 is 0 Å². The number of nitrogens with one attached hydrogen (secondary N) is 1. The minimum atomic E-state index is -3.60. The van der Waals surface area contributed by atoms with E-state index in [1.165, 1.54) is 43.4 Å². The first-order valence-corrected chi connectivity index (χ1v) is 14.1. The van der Waals surface area contributed by atoms with Gasteiger partial charge in [0.05, 0.1) is 5.25 Å². The molecule has 2 aliphatic rings. The molecule has 2 aromatic rings. The Bertz CT molecular complexity index is 1040. The van der Waals surface area contributed by atoms with Crippen LogP contribution < -0.4 is 9.62 Å². The average Bonchev–Trinajstić information content (AvgIpc) is 3.56. The van der Waals surface area contributed by atoms with E-state index in [1.54, 1.807) is 0 Å². The van der Waals surface area contributed by atoms with Gasteiger partial charge in [0.1, 0.15) is 5.69 Å². The van der Waals surface area contributed by atoms with Gasteiger partial charge in [0.25, 0.3) is 5.91 Å². The van der Waals surface area contributed by atoms with E-state index in [2.05, 4.69) is 14.6 Å². The van der Waals surface area contributed by atoms with Gasteiger partial charge in [-0.1, -0.05) is 55.8 Å². The maximum Gasteiger partial charge on any atom is 0.284 e. The molecule has 0 aliphatic heterocycles. The van der Waals surface area contributed by atoms with Crippen LogP contribution in [0.2, 0.25) is 5.02 Å². The number of sulfonamides is 1. The lowest BCUT2D eigenvalue weighted by atomic mass is 9.87. The van der Waals surface area contributed by atoms with E-state index in [0.29, 0.717) is 24.4 Å². The van der Waals surface area contributed by atoms with Crippen LogP contribution in [0.3, 0.4) is 0 Å². The van der Waals surface area contributed by atoms with Gasteiger partial charge in [0.2, 0.25) is 10.0 Å². The highest BCUT2D eigenvalue weighted by Gasteiger charge is 2.37. The zero-order chi connectivity index (χ0) is 22.7. The molecule has 174 valence electrons. The van der Waals surface area contributed by atoms with Crippen molar-refractivity contribution in [3.8, 4) is 0 Å². The standard InChI is InChI=1S/C23H30ClN3O3S2/c1-16-21(22(28)26-32(29,30)20-11-12-20)25-23(31-16)27(14-13-17-5-3-2-4-6-17)15-18-7-9-19(24)10-8-18/h7-10,17,20H,2-6,11-15H2,1H3,(H,26,28). The summed E-state index contributed by atoms with van der Waals surface area (Å²) >= 11 is 7.49. The van der Waals surface area contributed by atoms with Crippen molar-refractivity contribution in [3.05, 3.63) is 45.4 Å². The molecule has 9 heteroatoms. The molecule has 32 heavy (non-hydrogen) atoms. The quantitative estimate of drug-likeness (QED) is 0.510. The lowest BCUT2D eigenvalue weighted by Crippen LogP contribution is -2.34. The van der Waals surface area contributed by atoms with Gasteiger partial charge in [-0.3, -0.25) is 4.79 Å². The Balaban J connectivity index is 1.51. The largest absolute Gasteiger partial charge is 0.344 e. The summed E-state index contributed by atoms with van der Waals surface area (Å²) in [6, 6.07) is 7.77. The van der Waals surface area contributed by atoms with Crippen molar-refractivity contribution in [3.63, 3.8) is 0 Å². The van der Waals surface area contributed by atoms with Crippen LogP contribution in [-0.2, 0) is 16.6 Å². The molecule has 1 amide bonds. The second-order valence-corrected chi connectivity index (χ2v) is 12.5. The van der Waals surface area contributed by atoms with Gasteiger partial charge in [-0.25, -0.2) is 18.1 Å². The van der Waals surface area contributed by atoms with Gasteiger partial charge < -0.3 is 4.90 Å². The van der Waals surface area contributed by atoms with E-state index in [0.717, 1.165) is 34.5 Å². The fourth-order valence-electron chi connectivity index (χ4n) is 4.23. The monoisotopic (exact) mass is 495 g/mol. The van der Waals surface area contributed by atoms with E-state index in [4.69, 9.17) is 11.6 Å². The first-order chi connectivity index (χ1) is 15.3. The molecule has 4 rings (SSSR count). The molecule has 0 unspecified atom stereocenters. The maximum absolute atomic E-state index is 12.7. The predicted octanol–water partition coefficient (Wildman–Crippen LogP) is 5.30. The summed E-state index contributed by atoms with van der Waals surface area (Å²) in [5.74, 6) is 0.0969. The van der Waals surface area contributed by atoms with Gasteiger partial charge in [-0.2, -0.15) is 0 Å². The topological polar surface area (TPSA) is 79.4 Å². The third-order valence-corrected chi connectivity index (χ3v) is 9.39. The van der Waals surface area contributed by atoms with Gasteiger partial charge in [0.15, 0.2) is 5.13 Å². The van der Waals surface area contributed by atoms with Crippen molar-refractivity contribution in [2.75, 3.05) is 11.4 Å². The van der Waals surface area contributed by atoms with Crippen molar-refractivity contribution in [1.29, 1.82) is 0 Å². The van der Waals surface area contributed by atoms with Crippen LogP contribution in [-0.4, -0.2) is 31.1 Å². The van der Waals surface area contributed by atoms with Crippen molar-refractivity contribution in [2.24, 2.45) is 5.92 Å². The smallest absolute Gasteiger partial charge is 0.284 e. The summed E-state index contributed by atoms with van der Waals surface area (Å²) in [7, 11) is -3.60. The Kier molecular flexibility index (Phi) is 7.42. The zero-order valence-corrected chi connectivity index (χ0v) is 20.7. The van der Waals surface area contributed by atoms with Gasteiger partial charge in [-0.15, -0.1) is 11.3 Å². The number of carbonyl (C=O) groups is 1. The number of nitrogens with zero attached hydrogens (tertiary/aromatic N) is 2. The molecule has 2 fully saturated rings. The summed E-state index contributed by atoms with van der Waals surface area (Å²) in [6.45, 7) is 3.33. The Labute approximate surface area is 199 Å². The minimum absolute atomic E-state index is 0.202. The Morgan fingerprint density at radius 1 is 1.16 bits per heavy atom. The summed E-state index contributed by atoms with van der Waals surface area (Å²) < 4.78 is 26.6. The molecule has 0 spiro atoms. The molecule has 6 nitrogen and oxygen atoms in total. The number of benzene rings is 1. The lowest BCUT2D eigenvalue weighted by Gasteiger charge is -2.27. The molecular weight excluding hydrogens is 466 g/mol. The number of aryl methyl sites for hydroxylation is 1. The highest BCUT2D eigenvalue weighted by atomic mass is 35.5. The number of carbonyl (C=O) groups excluding carboxylic acids is 1. The Morgan fingerprint density at radius 2 is 1.84 bits per heavy atom. The number of aromatic nitrogens is 1. The number of hydrogen-bond acceptors (Lipinski definition) is 6. The molecule has 0 radical (unpaired) electrons. The highest BCUT2D eigenvalue weighted by Crippen LogP contribution is 2.32. The normalized spacial score (nSPS) is 17.3. The Morgan fingerprint density at radius 3 is 2.50 bits per heavy atom. The number of rotatable bonds is 9. The number of anilines is 1. The SMILES string of the molecule is Cc1sc(N(CCC2CCCCC2)Cc2ccc(Cl)cc2)nc1C(=O)NS(=O)(=O)C1CC1. The van der Waals surface area contributed by atoms with E-state index in [9.17, 15) is 13.2 Å². The van der Waals surface area contributed by atoms with Gasteiger partial charge in [-0.05, 0) is 49.8 Å². The third kappa shape index (κ3) is 6.02. The number of hydrogen-bond donors (Lipinski definition) is 1. The predicted molar refractivity (Wildman–Crippen MR) is 130 cm³/mol. The van der Waals surface area contributed by atoms with E-state index in [-0.39, 0.29) is 5.69 Å². The minimum Gasteiger partial charge on any atom is -0.344 e. The summed E-state index contributed by atoms with van der Waals surface area (Å²) in [5, 5.41) is 1.01. The van der Waals surface area contributed by atoms with Crippen molar-refractivity contribution in [2.45, 2.75) is 70.1 Å². The van der Waals surface area contributed by atoms with Crippen LogP contribution >= 0.6 is 22.9 Å². The molecule has 1 N–H and O–H groups in total. The molecule has 1 heterocycles. The first kappa shape index (κ1) is 23.5. The highest BCUT2D eigenvalue weighted by molar-refractivity contribution is 7.91. The first-order valence-electron chi connectivity index (χ1n) is 11.3. The molecular formula is C23H30ClN3O3S2. The van der Waals surface area contributed by atoms with Crippen LogP contribution in [0.15, 0.2) is 24.3 Å². The van der Waals surface area contributed by atoms with Crippen molar-refractivity contribution in [1.82, 2.24) is 9.71 Å². The molecule has 0 atom stereocenters. The van der Waals surface area contributed by atoms with E-state index >= 15 is 0 Å². The summed E-state index contributed by atoms with van der Waals surface area (Å²) in [5.41, 5.74) is 1.32. The number of halogens is 1. The molecule has 0 saturated heterocycles. The lowest BCUT2D eigenvalue weighted by molar-refractivity contribution is 0.0976. The zero-order valence-electron chi connectivity index (χ0n) is 18.3. The summed E-state index contributed by atoms with van der Waals surface area (Å²) in [6.07, 6.45) is 8.80. The fraction of sp³-hybridized carbons (Fsp3) is 0.565. The second kappa shape index (κ2) is 10.1. The van der Waals surface area contributed by atoms with Gasteiger partial charge in [0, 0.05) is 23.0 Å². The molecule has 2 aliphatic carbocycles. The molecule has 1 aromatic carbocycles. The van der Waals surface area contributed by atoms with E-state index in [1.807, 2.05) is 31.2 Å². The van der Waals surface area contributed by atoms with E-state index < -0.39 is 21.2 Å². The third-order valence-electron chi connectivity index (χ3n) is 6.29. The molecule has 1 aromatic heterocycles. The fourth-order valence-corrected chi connectivity index (χ4v) is 6.57. The molecule has 2 saturated carbocycles. The second-order valence-electron chi connectivity index (χ2n) is 8.92.